The third-order valence-electron chi connectivity index (χ3n) is 2.85. The van der Waals surface area contributed by atoms with Crippen molar-refractivity contribution in [3.05, 3.63) is 29.3 Å². The fourth-order valence-corrected chi connectivity index (χ4v) is 1.77. The van der Waals surface area contributed by atoms with E-state index < -0.39 is 12.3 Å². The van der Waals surface area contributed by atoms with Crippen LogP contribution in [0.5, 0.6) is 5.75 Å². The Morgan fingerprint density at radius 1 is 1.15 bits per heavy atom. The second-order valence-corrected chi connectivity index (χ2v) is 5.60. The maximum absolute atomic E-state index is 12.5. The summed E-state index contributed by atoms with van der Waals surface area (Å²) < 4.78 is 43.2. The van der Waals surface area contributed by atoms with Crippen LogP contribution in [0.15, 0.2) is 18.2 Å². The molecule has 0 radical (unpaired) electrons. The Morgan fingerprint density at radius 2 is 1.75 bits per heavy atom. The molecular weight excluding hydrogens is 269 g/mol. The molecule has 0 saturated heterocycles. The smallest absolute Gasteiger partial charge is 0.418 e. The minimum absolute atomic E-state index is 0.0116. The highest BCUT2D eigenvalue weighted by Crippen LogP contribution is 2.36. The fourth-order valence-electron chi connectivity index (χ4n) is 1.77. The molecule has 0 heterocycles. The third kappa shape index (κ3) is 4.40. The standard InChI is InChI=1S/C15H21F3O2/c1-9(2)8-20-13-6-5-11(7-12(13)10(3)4)14(19)15(16,17)18/h5-7,9-10,14,19H,8H2,1-4H3. The number of aliphatic hydroxyl groups excluding tert-OH is 1. The quantitative estimate of drug-likeness (QED) is 0.868. The molecule has 2 nitrogen and oxygen atoms in total. The summed E-state index contributed by atoms with van der Waals surface area (Å²) in [5.41, 5.74) is 0.518. The van der Waals surface area contributed by atoms with Crippen molar-refractivity contribution in [1.29, 1.82) is 0 Å². The SMILES string of the molecule is CC(C)COc1ccc(C(O)C(F)(F)F)cc1C(C)C. The number of hydrogen-bond acceptors (Lipinski definition) is 2. The van der Waals surface area contributed by atoms with E-state index in [9.17, 15) is 18.3 Å². The van der Waals surface area contributed by atoms with Gasteiger partial charge < -0.3 is 9.84 Å². The molecule has 0 aliphatic carbocycles. The molecule has 1 atom stereocenters. The molecule has 1 rings (SSSR count). The molecule has 0 aromatic heterocycles. The summed E-state index contributed by atoms with van der Waals surface area (Å²) in [6.45, 7) is 8.25. The van der Waals surface area contributed by atoms with Crippen LogP contribution in [0.25, 0.3) is 0 Å². The van der Waals surface area contributed by atoms with Gasteiger partial charge in [0.1, 0.15) is 5.75 Å². The van der Waals surface area contributed by atoms with Gasteiger partial charge >= 0.3 is 6.18 Å². The molecule has 1 unspecified atom stereocenters. The maximum Gasteiger partial charge on any atom is 0.418 e. The van der Waals surface area contributed by atoms with Crippen molar-refractivity contribution in [2.45, 2.75) is 45.9 Å². The molecule has 20 heavy (non-hydrogen) atoms. The van der Waals surface area contributed by atoms with Crippen LogP contribution in [0, 0.1) is 5.92 Å². The average Bonchev–Trinajstić information content (AvgIpc) is 2.33. The number of rotatable bonds is 5. The lowest BCUT2D eigenvalue weighted by Crippen LogP contribution is -2.20. The van der Waals surface area contributed by atoms with Gasteiger partial charge in [0.05, 0.1) is 6.61 Å². The summed E-state index contributed by atoms with van der Waals surface area (Å²) in [6, 6.07) is 4.14. The van der Waals surface area contributed by atoms with Gasteiger partial charge in [0.25, 0.3) is 0 Å². The summed E-state index contributed by atoms with van der Waals surface area (Å²) in [5, 5.41) is 9.31. The molecule has 0 aliphatic rings. The van der Waals surface area contributed by atoms with Gasteiger partial charge in [0.15, 0.2) is 6.10 Å². The molecule has 0 saturated carbocycles. The summed E-state index contributed by atoms with van der Waals surface area (Å²) in [5.74, 6) is 0.917. The van der Waals surface area contributed by atoms with Crippen LogP contribution in [-0.2, 0) is 0 Å². The van der Waals surface area contributed by atoms with Crippen LogP contribution in [0.2, 0.25) is 0 Å². The molecule has 1 aromatic carbocycles. The van der Waals surface area contributed by atoms with Crippen molar-refractivity contribution in [2.24, 2.45) is 5.92 Å². The largest absolute Gasteiger partial charge is 0.493 e. The molecule has 114 valence electrons. The first-order valence-corrected chi connectivity index (χ1v) is 6.64. The number of halogens is 3. The normalized spacial score (nSPS) is 13.9. The first kappa shape index (κ1) is 16.8. The lowest BCUT2D eigenvalue weighted by molar-refractivity contribution is -0.206. The van der Waals surface area contributed by atoms with Crippen LogP contribution >= 0.6 is 0 Å². The zero-order chi connectivity index (χ0) is 15.5. The van der Waals surface area contributed by atoms with E-state index in [2.05, 4.69) is 0 Å². The van der Waals surface area contributed by atoms with Gasteiger partial charge in [-0.15, -0.1) is 0 Å². The van der Waals surface area contributed by atoms with Gasteiger partial charge in [-0.1, -0.05) is 33.8 Å². The fraction of sp³-hybridized carbons (Fsp3) is 0.600. The zero-order valence-electron chi connectivity index (χ0n) is 12.2. The van der Waals surface area contributed by atoms with Crippen molar-refractivity contribution in [3.8, 4) is 5.75 Å². The first-order valence-electron chi connectivity index (χ1n) is 6.64. The Kier molecular flexibility index (Phi) is 5.45. The third-order valence-corrected chi connectivity index (χ3v) is 2.85. The van der Waals surface area contributed by atoms with Crippen molar-refractivity contribution >= 4 is 0 Å². The highest BCUT2D eigenvalue weighted by Gasteiger charge is 2.39. The number of alkyl halides is 3. The Labute approximate surface area is 117 Å². The van der Waals surface area contributed by atoms with Gasteiger partial charge in [0, 0.05) is 0 Å². The zero-order valence-corrected chi connectivity index (χ0v) is 12.2. The molecule has 0 amide bonds. The number of ether oxygens (including phenoxy) is 1. The topological polar surface area (TPSA) is 29.5 Å². The minimum Gasteiger partial charge on any atom is -0.493 e. The Hall–Kier alpha value is -1.23. The van der Waals surface area contributed by atoms with Crippen LogP contribution in [0.1, 0.15) is 50.8 Å². The highest BCUT2D eigenvalue weighted by molar-refractivity contribution is 5.40. The van der Waals surface area contributed by atoms with E-state index in [1.54, 1.807) is 0 Å². The lowest BCUT2D eigenvalue weighted by atomic mass is 9.97. The van der Waals surface area contributed by atoms with Crippen LogP contribution in [0.3, 0.4) is 0 Å². The van der Waals surface area contributed by atoms with Crippen LogP contribution in [-0.4, -0.2) is 17.9 Å². The lowest BCUT2D eigenvalue weighted by Gasteiger charge is -2.20. The maximum atomic E-state index is 12.5. The molecular formula is C15H21F3O2. The van der Waals surface area contributed by atoms with E-state index in [-0.39, 0.29) is 11.5 Å². The molecule has 0 fully saturated rings. The Balaban J connectivity index is 3.07. The van der Waals surface area contributed by atoms with E-state index in [0.717, 1.165) is 0 Å². The van der Waals surface area contributed by atoms with Crippen molar-refractivity contribution in [1.82, 2.24) is 0 Å². The second kappa shape index (κ2) is 6.48. The van der Waals surface area contributed by atoms with Gasteiger partial charge in [-0.25, -0.2) is 0 Å². The number of hydrogen-bond donors (Lipinski definition) is 1. The molecule has 0 aliphatic heterocycles. The van der Waals surface area contributed by atoms with E-state index in [1.807, 2.05) is 27.7 Å². The van der Waals surface area contributed by atoms with Gasteiger partial charge in [-0.05, 0) is 35.1 Å². The molecule has 0 spiro atoms. The highest BCUT2D eigenvalue weighted by atomic mass is 19.4. The molecule has 5 heteroatoms. The van der Waals surface area contributed by atoms with E-state index >= 15 is 0 Å². The summed E-state index contributed by atoms with van der Waals surface area (Å²) in [7, 11) is 0. The molecule has 1 N–H and O–H groups in total. The Bertz CT molecular complexity index is 439. The van der Waals surface area contributed by atoms with E-state index in [4.69, 9.17) is 4.74 Å². The van der Waals surface area contributed by atoms with Gasteiger partial charge in [-0.3, -0.25) is 0 Å². The minimum atomic E-state index is -4.66. The molecule has 1 aromatic rings. The summed E-state index contributed by atoms with van der Waals surface area (Å²) in [4.78, 5) is 0. The van der Waals surface area contributed by atoms with Gasteiger partial charge in [0.2, 0.25) is 0 Å². The number of benzene rings is 1. The average molecular weight is 290 g/mol. The predicted octanol–water partition coefficient (Wildman–Crippen LogP) is 4.44. The Morgan fingerprint density at radius 3 is 2.20 bits per heavy atom. The first-order chi connectivity index (χ1) is 9.12. The van der Waals surface area contributed by atoms with Crippen LogP contribution < -0.4 is 4.74 Å². The van der Waals surface area contributed by atoms with E-state index in [0.29, 0.717) is 23.8 Å². The summed E-state index contributed by atoms with van der Waals surface area (Å²) >= 11 is 0. The monoisotopic (exact) mass is 290 g/mol. The molecule has 0 bridgehead atoms. The number of aliphatic hydroxyl groups is 1. The second-order valence-electron chi connectivity index (χ2n) is 5.60. The van der Waals surface area contributed by atoms with Crippen molar-refractivity contribution in [2.75, 3.05) is 6.61 Å². The van der Waals surface area contributed by atoms with Crippen molar-refractivity contribution in [3.63, 3.8) is 0 Å². The van der Waals surface area contributed by atoms with Gasteiger partial charge in [-0.2, -0.15) is 13.2 Å². The van der Waals surface area contributed by atoms with Crippen LogP contribution in [0.4, 0.5) is 13.2 Å². The summed E-state index contributed by atoms with van der Waals surface area (Å²) in [6.07, 6.45) is -7.12. The predicted molar refractivity (Wildman–Crippen MR) is 71.9 cm³/mol. The van der Waals surface area contributed by atoms with Crippen molar-refractivity contribution < 1.29 is 23.0 Å². The van der Waals surface area contributed by atoms with E-state index in [1.165, 1.54) is 18.2 Å².